The maximum Gasteiger partial charge on any atom is 0.306 e. The third kappa shape index (κ3) is 6.50. The highest BCUT2D eigenvalue weighted by atomic mass is 32.2. The minimum absolute atomic E-state index is 0.0435. The summed E-state index contributed by atoms with van der Waals surface area (Å²) in [6.45, 7) is -0.416. The van der Waals surface area contributed by atoms with Crippen LogP contribution in [0.15, 0.2) is 47.4 Å². The zero-order valence-electron chi connectivity index (χ0n) is 17.5. The maximum absolute atomic E-state index is 13.0. The van der Waals surface area contributed by atoms with Crippen molar-refractivity contribution in [1.82, 2.24) is 4.31 Å². The summed E-state index contributed by atoms with van der Waals surface area (Å²) in [5.74, 6) is -0.790. The second kappa shape index (κ2) is 10.9. The molecule has 0 N–H and O–H groups in total. The summed E-state index contributed by atoms with van der Waals surface area (Å²) < 4.78 is 54.1. The number of methoxy groups -OCH3 is 2. The molecule has 0 unspecified atom stereocenters. The highest BCUT2D eigenvalue weighted by Gasteiger charge is 2.21. The van der Waals surface area contributed by atoms with Crippen LogP contribution in [0.25, 0.3) is 0 Å². The largest absolute Gasteiger partial charge is 0.497 e. The molecule has 2 rings (SSSR count). The first-order valence-corrected chi connectivity index (χ1v) is 10.8. The molecule has 0 fully saturated rings. The van der Waals surface area contributed by atoms with Gasteiger partial charge in [-0.2, -0.15) is 0 Å². The fourth-order valence-electron chi connectivity index (χ4n) is 2.68. The van der Waals surface area contributed by atoms with Crippen molar-refractivity contribution in [3.05, 3.63) is 53.8 Å². The molecule has 0 aromatic heterocycles. The number of benzene rings is 2. The van der Waals surface area contributed by atoms with Gasteiger partial charge in [0.1, 0.15) is 17.3 Å². The van der Waals surface area contributed by atoms with E-state index in [1.807, 2.05) is 0 Å². The summed E-state index contributed by atoms with van der Waals surface area (Å²) in [4.78, 5) is 24.2. The molecule has 0 bridgehead atoms. The SMILES string of the molecule is COc1ccc(C(=O)COC(=O)CCCN(C)S(=O)(=O)c2ccc(F)cc2)c(OC)c1. The van der Waals surface area contributed by atoms with Crippen LogP contribution in [0.1, 0.15) is 23.2 Å². The lowest BCUT2D eigenvalue weighted by molar-refractivity contribution is -0.142. The van der Waals surface area contributed by atoms with Crippen molar-refractivity contribution in [2.45, 2.75) is 17.7 Å². The molecule has 2 aromatic carbocycles. The molecule has 2 aromatic rings. The van der Waals surface area contributed by atoms with E-state index in [-0.39, 0.29) is 29.8 Å². The van der Waals surface area contributed by atoms with Gasteiger partial charge in [-0.15, -0.1) is 0 Å². The zero-order chi connectivity index (χ0) is 23.0. The van der Waals surface area contributed by atoms with E-state index in [0.29, 0.717) is 11.5 Å². The molecule has 0 saturated heterocycles. The van der Waals surface area contributed by atoms with Crippen LogP contribution in [0.2, 0.25) is 0 Å². The molecule has 31 heavy (non-hydrogen) atoms. The zero-order valence-corrected chi connectivity index (χ0v) is 18.3. The van der Waals surface area contributed by atoms with Crippen molar-refractivity contribution in [3.8, 4) is 11.5 Å². The van der Waals surface area contributed by atoms with Crippen LogP contribution >= 0.6 is 0 Å². The van der Waals surface area contributed by atoms with Gasteiger partial charge in [0.15, 0.2) is 6.61 Å². The van der Waals surface area contributed by atoms with Crippen molar-refractivity contribution in [1.29, 1.82) is 0 Å². The second-order valence-electron chi connectivity index (χ2n) is 6.53. The Morgan fingerprint density at radius 1 is 1.03 bits per heavy atom. The third-order valence-electron chi connectivity index (χ3n) is 4.45. The van der Waals surface area contributed by atoms with Crippen molar-refractivity contribution in [2.75, 3.05) is 34.4 Å². The number of ketones is 1. The number of rotatable bonds is 11. The fraction of sp³-hybridized carbons (Fsp3) is 0.333. The van der Waals surface area contributed by atoms with Crippen molar-refractivity contribution < 1.29 is 36.6 Å². The smallest absolute Gasteiger partial charge is 0.306 e. The number of hydrogen-bond acceptors (Lipinski definition) is 7. The van der Waals surface area contributed by atoms with E-state index in [4.69, 9.17) is 14.2 Å². The Labute approximate surface area is 180 Å². The van der Waals surface area contributed by atoms with Gasteiger partial charge in [-0.3, -0.25) is 9.59 Å². The number of carbonyl (C=O) groups excluding carboxylic acids is 2. The number of sulfonamides is 1. The molecule has 0 saturated carbocycles. The van der Waals surface area contributed by atoms with Crippen molar-refractivity contribution in [2.24, 2.45) is 0 Å². The van der Waals surface area contributed by atoms with E-state index in [9.17, 15) is 22.4 Å². The number of hydrogen-bond donors (Lipinski definition) is 0. The van der Waals surface area contributed by atoms with Gasteiger partial charge in [0.05, 0.1) is 24.7 Å². The molecule has 0 aliphatic heterocycles. The number of ether oxygens (including phenoxy) is 3. The lowest BCUT2D eigenvalue weighted by Gasteiger charge is -2.17. The Morgan fingerprint density at radius 3 is 2.32 bits per heavy atom. The topological polar surface area (TPSA) is 99.2 Å². The number of Topliss-reactive ketones (excluding diaryl/α,β-unsaturated/α-hetero) is 1. The van der Waals surface area contributed by atoms with Crippen LogP contribution in [0, 0.1) is 5.82 Å². The van der Waals surface area contributed by atoms with Crippen LogP contribution in [-0.2, 0) is 19.6 Å². The number of halogens is 1. The van der Waals surface area contributed by atoms with Gasteiger partial charge in [-0.1, -0.05) is 0 Å². The molecule has 10 heteroatoms. The monoisotopic (exact) mass is 453 g/mol. The van der Waals surface area contributed by atoms with Gasteiger partial charge in [0, 0.05) is 26.1 Å². The molecule has 8 nitrogen and oxygen atoms in total. The highest BCUT2D eigenvalue weighted by Crippen LogP contribution is 2.25. The number of esters is 1. The first-order chi connectivity index (χ1) is 14.7. The van der Waals surface area contributed by atoms with Crippen LogP contribution in [0.4, 0.5) is 4.39 Å². The minimum Gasteiger partial charge on any atom is -0.497 e. The van der Waals surface area contributed by atoms with E-state index >= 15 is 0 Å². The highest BCUT2D eigenvalue weighted by molar-refractivity contribution is 7.89. The van der Waals surface area contributed by atoms with E-state index in [0.717, 1.165) is 16.4 Å². The fourth-order valence-corrected chi connectivity index (χ4v) is 3.89. The van der Waals surface area contributed by atoms with E-state index in [1.165, 1.54) is 39.5 Å². The first kappa shape index (κ1) is 24.3. The van der Waals surface area contributed by atoms with Gasteiger partial charge in [-0.05, 0) is 42.8 Å². The van der Waals surface area contributed by atoms with Crippen LogP contribution < -0.4 is 9.47 Å². The van der Waals surface area contributed by atoms with Crippen LogP contribution in [0.3, 0.4) is 0 Å². The van der Waals surface area contributed by atoms with Crippen molar-refractivity contribution in [3.63, 3.8) is 0 Å². The van der Waals surface area contributed by atoms with E-state index < -0.39 is 34.2 Å². The Morgan fingerprint density at radius 2 is 1.71 bits per heavy atom. The third-order valence-corrected chi connectivity index (χ3v) is 6.32. The molecule has 168 valence electrons. The Hall–Kier alpha value is -2.98. The molecule has 0 amide bonds. The molecule has 0 heterocycles. The molecule has 0 radical (unpaired) electrons. The number of carbonyl (C=O) groups is 2. The predicted molar refractivity (Wildman–Crippen MR) is 110 cm³/mol. The van der Waals surface area contributed by atoms with Gasteiger partial charge in [-0.25, -0.2) is 17.1 Å². The molecule has 0 aliphatic carbocycles. The Kier molecular flexibility index (Phi) is 8.52. The summed E-state index contributed by atoms with van der Waals surface area (Å²) in [6.07, 6.45) is 0.117. The number of nitrogens with zero attached hydrogens (tertiary/aromatic N) is 1. The summed E-state index contributed by atoms with van der Waals surface area (Å²) >= 11 is 0. The molecular weight excluding hydrogens is 429 g/mol. The second-order valence-corrected chi connectivity index (χ2v) is 8.58. The summed E-state index contributed by atoms with van der Waals surface area (Å²) in [5.41, 5.74) is 0.251. The summed E-state index contributed by atoms with van der Waals surface area (Å²) in [5, 5.41) is 0. The molecule has 0 spiro atoms. The average molecular weight is 453 g/mol. The molecule has 0 aliphatic rings. The van der Waals surface area contributed by atoms with Gasteiger partial charge >= 0.3 is 5.97 Å². The molecular formula is C21H24FNO7S. The summed E-state index contributed by atoms with van der Waals surface area (Å²) in [7, 11) is 0.469. The van der Waals surface area contributed by atoms with E-state index in [1.54, 1.807) is 12.1 Å². The quantitative estimate of drug-likeness (QED) is 0.381. The average Bonchev–Trinajstić information content (AvgIpc) is 2.77. The van der Waals surface area contributed by atoms with Gasteiger partial charge in [0.25, 0.3) is 0 Å². The van der Waals surface area contributed by atoms with Gasteiger partial charge < -0.3 is 14.2 Å². The van der Waals surface area contributed by atoms with Crippen LogP contribution in [0.5, 0.6) is 11.5 Å². The Balaban J connectivity index is 1.83. The maximum atomic E-state index is 13.0. The minimum atomic E-state index is -3.79. The van der Waals surface area contributed by atoms with Crippen molar-refractivity contribution >= 4 is 21.8 Å². The lowest BCUT2D eigenvalue weighted by Crippen LogP contribution is -2.28. The lowest BCUT2D eigenvalue weighted by atomic mass is 10.1. The predicted octanol–water partition coefficient (Wildman–Crippen LogP) is 2.67. The molecule has 0 atom stereocenters. The Bertz CT molecular complexity index is 1020. The first-order valence-electron chi connectivity index (χ1n) is 9.31. The normalized spacial score (nSPS) is 11.3. The van der Waals surface area contributed by atoms with Crippen LogP contribution in [-0.4, -0.2) is 58.9 Å². The van der Waals surface area contributed by atoms with Gasteiger partial charge in [0.2, 0.25) is 15.8 Å². The summed E-state index contributed by atoms with van der Waals surface area (Å²) in [6, 6.07) is 9.13. The standard InChI is InChI=1S/C21H24FNO7S/c1-23(31(26,27)17-9-6-15(22)7-10-17)12-4-5-21(25)30-14-19(24)18-11-8-16(28-2)13-20(18)29-3/h6-11,13H,4-5,12,14H2,1-3H3. The van der Waals surface area contributed by atoms with E-state index in [2.05, 4.69) is 0 Å².